The van der Waals surface area contributed by atoms with Gasteiger partial charge in [-0.05, 0) is 42.5 Å². The van der Waals surface area contributed by atoms with Crippen molar-refractivity contribution in [2.75, 3.05) is 23.3 Å². The van der Waals surface area contributed by atoms with Crippen molar-refractivity contribution in [2.24, 2.45) is 0 Å². The Morgan fingerprint density at radius 2 is 1.94 bits per heavy atom. The minimum atomic E-state index is -0.745. The third kappa shape index (κ3) is 5.01. The fourth-order valence-electron chi connectivity index (χ4n) is 3.74. The van der Waals surface area contributed by atoms with Crippen LogP contribution in [0.4, 0.5) is 20.2 Å². The van der Waals surface area contributed by atoms with Gasteiger partial charge in [-0.25, -0.2) is 8.78 Å². The van der Waals surface area contributed by atoms with Crippen molar-refractivity contribution >= 4 is 17.3 Å². The average Bonchev–Trinajstić information content (AvgIpc) is 2.81. The van der Waals surface area contributed by atoms with Crippen molar-refractivity contribution in [1.82, 2.24) is 4.98 Å². The highest BCUT2D eigenvalue weighted by Crippen LogP contribution is 2.31. The zero-order valence-electron chi connectivity index (χ0n) is 17.5. The number of hydrogen-bond acceptors (Lipinski definition) is 5. The number of carbonyl (C=O) groups is 1. The van der Waals surface area contributed by atoms with Gasteiger partial charge in [0.05, 0.1) is 23.0 Å². The van der Waals surface area contributed by atoms with Gasteiger partial charge in [0.1, 0.15) is 17.5 Å². The molecule has 1 aromatic heterocycles. The van der Waals surface area contributed by atoms with Crippen molar-refractivity contribution in [3.8, 4) is 11.8 Å². The summed E-state index contributed by atoms with van der Waals surface area (Å²) in [4.78, 5) is 29.1. The molecule has 1 saturated heterocycles. The number of anilines is 2. The maximum Gasteiger partial charge on any atom is 0.261 e. The lowest BCUT2D eigenvalue weighted by Gasteiger charge is -2.34. The molecule has 1 fully saturated rings. The summed E-state index contributed by atoms with van der Waals surface area (Å²) < 4.78 is 32.7. The summed E-state index contributed by atoms with van der Waals surface area (Å²) >= 11 is 0. The molecule has 0 spiro atoms. The lowest BCUT2D eigenvalue weighted by atomic mass is 10.1. The van der Waals surface area contributed by atoms with Crippen LogP contribution in [-0.4, -0.2) is 30.1 Å². The van der Waals surface area contributed by atoms with Crippen LogP contribution in [0.2, 0.25) is 0 Å². The van der Waals surface area contributed by atoms with Gasteiger partial charge < -0.3 is 19.9 Å². The summed E-state index contributed by atoms with van der Waals surface area (Å²) in [5.41, 5.74) is 0.909. The summed E-state index contributed by atoms with van der Waals surface area (Å²) in [6.07, 6.45) is 2.33. The first-order valence-corrected chi connectivity index (χ1v) is 10.3. The standard InChI is InChI=1S/C24H20F2N4O3/c25-16-4-6-22(19(26)13-16)33-17-7-10-30(11-8-17)21-5-3-15(14-27)12-20(21)29-24(32)18-2-1-9-28-23(18)31/h1-6,9,12-13,17H,7-8,10-11H2,(H,28,31)(H,29,32). The van der Waals surface area contributed by atoms with Gasteiger partial charge in [-0.1, -0.05) is 0 Å². The molecule has 2 N–H and O–H groups in total. The van der Waals surface area contributed by atoms with Gasteiger partial charge in [-0.2, -0.15) is 5.26 Å². The third-order valence-corrected chi connectivity index (χ3v) is 5.41. The van der Waals surface area contributed by atoms with Gasteiger partial charge in [0.15, 0.2) is 11.6 Å². The number of hydrogen-bond donors (Lipinski definition) is 2. The van der Waals surface area contributed by atoms with E-state index in [9.17, 15) is 23.6 Å². The number of nitriles is 1. The van der Waals surface area contributed by atoms with Gasteiger partial charge in [0, 0.05) is 38.2 Å². The maximum absolute atomic E-state index is 13.9. The molecule has 0 atom stereocenters. The van der Waals surface area contributed by atoms with E-state index in [2.05, 4.69) is 10.3 Å². The van der Waals surface area contributed by atoms with E-state index in [1.807, 2.05) is 11.0 Å². The number of nitrogens with zero attached hydrogens (tertiary/aromatic N) is 2. The van der Waals surface area contributed by atoms with Gasteiger partial charge >= 0.3 is 0 Å². The number of benzene rings is 2. The van der Waals surface area contributed by atoms with E-state index in [1.54, 1.807) is 24.3 Å². The average molecular weight is 450 g/mol. The third-order valence-electron chi connectivity index (χ3n) is 5.41. The van der Waals surface area contributed by atoms with Gasteiger partial charge in [0.25, 0.3) is 11.5 Å². The Kier molecular flexibility index (Phi) is 6.36. The molecule has 1 amide bonds. The highest BCUT2D eigenvalue weighted by atomic mass is 19.1. The molecule has 7 nitrogen and oxygen atoms in total. The number of aromatic nitrogens is 1. The zero-order chi connectivity index (χ0) is 23.4. The number of rotatable bonds is 5. The lowest BCUT2D eigenvalue weighted by Crippen LogP contribution is -2.39. The second-order valence-corrected chi connectivity index (χ2v) is 7.59. The molecule has 0 unspecified atom stereocenters. The largest absolute Gasteiger partial charge is 0.487 e. The Balaban J connectivity index is 1.49. The number of H-pyrrole nitrogens is 1. The first kappa shape index (κ1) is 22.0. The van der Waals surface area contributed by atoms with E-state index < -0.39 is 23.1 Å². The Bertz CT molecular complexity index is 1280. The number of piperidine rings is 1. The van der Waals surface area contributed by atoms with E-state index in [0.717, 1.165) is 12.1 Å². The lowest BCUT2D eigenvalue weighted by molar-refractivity contribution is 0.102. The Morgan fingerprint density at radius 1 is 1.15 bits per heavy atom. The van der Waals surface area contributed by atoms with E-state index >= 15 is 0 Å². The van der Waals surface area contributed by atoms with Crippen LogP contribution in [0.1, 0.15) is 28.8 Å². The number of aromatic amines is 1. The van der Waals surface area contributed by atoms with Crippen LogP contribution >= 0.6 is 0 Å². The molecule has 9 heteroatoms. The molecule has 0 aliphatic carbocycles. The molecule has 1 aliphatic rings. The highest BCUT2D eigenvalue weighted by molar-refractivity contribution is 6.05. The number of pyridine rings is 1. The highest BCUT2D eigenvalue weighted by Gasteiger charge is 2.24. The topological polar surface area (TPSA) is 98.2 Å². The van der Waals surface area contributed by atoms with E-state index in [-0.39, 0.29) is 17.4 Å². The second kappa shape index (κ2) is 9.53. The van der Waals surface area contributed by atoms with Crippen molar-refractivity contribution in [3.05, 3.63) is 87.8 Å². The summed E-state index contributed by atoms with van der Waals surface area (Å²) in [5, 5.41) is 12.0. The second-order valence-electron chi connectivity index (χ2n) is 7.59. The van der Waals surface area contributed by atoms with Crippen molar-refractivity contribution < 1.29 is 18.3 Å². The van der Waals surface area contributed by atoms with E-state index in [0.29, 0.717) is 42.9 Å². The Labute approximate surface area is 188 Å². The fraction of sp³-hybridized carbons (Fsp3) is 0.208. The quantitative estimate of drug-likeness (QED) is 0.616. The summed E-state index contributed by atoms with van der Waals surface area (Å²) in [7, 11) is 0. The molecule has 0 bridgehead atoms. The molecule has 2 aromatic carbocycles. The number of carbonyl (C=O) groups excluding carboxylic acids is 1. The van der Waals surface area contributed by atoms with E-state index in [4.69, 9.17) is 4.74 Å². The first-order chi connectivity index (χ1) is 15.9. The molecule has 2 heterocycles. The van der Waals surface area contributed by atoms with Crippen LogP contribution in [-0.2, 0) is 0 Å². The van der Waals surface area contributed by atoms with Crippen LogP contribution in [0.25, 0.3) is 0 Å². The predicted octanol–water partition coefficient (Wildman–Crippen LogP) is 3.82. The molecule has 0 radical (unpaired) electrons. The first-order valence-electron chi connectivity index (χ1n) is 10.3. The van der Waals surface area contributed by atoms with Gasteiger partial charge in [-0.15, -0.1) is 0 Å². The van der Waals surface area contributed by atoms with Crippen LogP contribution in [0.5, 0.6) is 5.75 Å². The number of halogens is 2. The number of ether oxygens (including phenoxy) is 1. The van der Waals surface area contributed by atoms with Crippen LogP contribution in [0.3, 0.4) is 0 Å². The smallest absolute Gasteiger partial charge is 0.261 e. The van der Waals surface area contributed by atoms with Crippen molar-refractivity contribution in [2.45, 2.75) is 18.9 Å². The molecule has 168 valence electrons. The minimum Gasteiger partial charge on any atom is -0.487 e. The van der Waals surface area contributed by atoms with Gasteiger partial charge in [0.2, 0.25) is 0 Å². The summed E-state index contributed by atoms with van der Waals surface area (Å²) in [5.74, 6) is -1.99. The van der Waals surface area contributed by atoms with Crippen LogP contribution in [0, 0.1) is 23.0 Å². The summed E-state index contributed by atoms with van der Waals surface area (Å²) in [6.45, 7) is 1.10. The fourth-order valence-corrected chi connectivity index (χ4v) is 3.74. The number of amides is 1. The molecular formula is C24H20F2N4O3. The molecule has 1 aliphatic heterocycles. The van der Waals surface area contributed by atoms with Crippen molar-refractivity contribution in [1.29, 1.82) is 5.26 Å². The van der Waals surface area contributed by atoms with Gasteiger partial charge in [-0.3, -0.25) is 9.59 Å². The minimum absolute atomic E-state index is 0.00857. The Morgan fingerprint density at radius 3 is 2.64 bits per heavy atom. The molecular weight excluding hydrogens is 430 g/mol. The van der Waals surface area contributed by atoms with Crippen LogP contribution < -0.4 is 20.5 Å². The molecule has 0 saturated carbocycles. The molecule has 3 aromatic rings. The monoisotopic (exact) mass is 450 g/mol. The van der Waals surface area contributed by atoms with E-state index in [1.165, 1.54) is 18.3 Å². The molecule has 4 rings (SSSR count). The molecule has 33 heavy (non-hydrogen) atoms. The van der Waals surface area contributed by atoms with Crippen LogP contribution in [0.15, 0.2) is 59.5 Å². The zero-order valence-corrected chi connectivity index (χ0v) is 17.5. The van der Waals surface area contributed by atoms with Crippen molar-refractivity contribution in [3.63, 3.8) is 0 Å². The number of nitrogens with one attached hydrogen (secondary N) is 2. The normalized spacial score (nSPS) is 13.9. The SMILES string of the molecule is N#Cc1ccc(N2CCC(Oc3ccc(F)cc3F)CC2)c(NC(=O)c2ccc[nH]c2=O)c1. The maximum atomic E-state index is 13.9. The predicted molar refractivity (Wildman–Crippen MR) is 118 cm³/mol. The summed E-state index contributed by atoms with van der Waals surface area (Å²) in [6, 6.07) is 13.2. The Hall–Kier alpha value is -4.19.